The molecule has 0 aliphatic heterocycles. The zero-order valence-corrected chi connectivity index (χ0v) is 18.6. The molecule has 0 radical (unpaired) electrons. The molecule has 160 valence electrons. The number of benzene rings is 1. The van der Waals surface area contributed by atoms with Crippen molar-refractivity contribution in [3.8, 4) is 10.6 Å². The fraction of sp³-hybridized carbons (Fsp3) is 0.478. The summed E-state index contributed by atoms with van der Waals surface area (Å²) in [4.78, 5) is 17.1. The number of nitrogens with zero attached hydrogens (tertiary/aromatic N) is 3. The molecule has 4 bridgehead atoms. The van der Waals surface area contributed by atoms with Crippen LogP contribution in [0.4, 0.5) is 9.52 Å². The summed E-state index contributed by atoms with van der Waals surface area (Å²) in [6.07, 6.45) is 8.07. The Morgan fingerprint density at radius 2 is 1.87 bits per heavy atom. The van der Waals surface area contributed by atoms with Crippen LogP contribution in [0.5, 0.6) is 0 Å². The Labute approximate surface area is 188 Å². The molecule has 0 atom stereocenters. The number of anilines is 1. The number of hydrogen-bond donors (Lipinski definition) is 1. The van der Waals surface area contributed by atoms with Crippen LogP contribution in [0.1, 0.15) is 49.2 Å². The fourth-order valence-corrected chi connectivity index (χ4v) is 8.13. The first-order chi connectivity index (χ1) is 15.0. The first-order valence-electron chi connectivity index (χ1n) is 10.9. The number of carbonyl (C=O) groups excluding carboxylic acids is 1. The predicted molar refractivity (Wildman–Crippen MR) is 120 cm³/mol. The van der Waals surface area contributed by atoms with Crippen LogP contribution in [0, 0.1) is 23.6 Å². The molecule has 0 spiro atoms. The normalized spacial score (nSPS) is 28.7. The van der Waals surface area contributed by atoms with Crippen LogP contribution in [0.25, 0.3) is 10.6 Å². The van der Waals surface area contributed by atoms with E-state index >= 15 is 0 Å². The van der Waals surface area contributed by atoms with Crippen molar-refractivity contribution in [2.75, 3.05) is 5.32 Å². The molecule has 4 saturated carbocycles. The van der Waals surface area contributed by atoms with E-state index in [2.05, 4.69) is 20.5 Å². The smallest absolute Gasteiger partial charge is 0.232 e. The third kappa shape index (κ3) is 3.69. The Morgan fingerprint density at radius 3 is 2.58 bits per heavy atom. The average Bonchev–Trinajstić information content (AvgIpc) is 3.37. The van der Waals surface area contributed by atoms with Gasteiger partial charge in [0.2, 0.25) is 11.0 Å². The standard InChI is InChI=1S/C23H23FN4OS2/c24-17-3-1-2-16(7-17)20-25-18(12-30-20)8-19(29)26-22-28-27-21(31-22)23-9-13-4-14(10-23)6-15(5-13)11-23/h1-3,7,12-15H,4-6,8-11H2,(H,26,28,29). The molecule has 1 N–H and O–H groups in total. The van der Waals surface area contributed by atoms with Gasteiger partial charge in [-0.25, -0.2) is 9.37 Å². The summed E-state index contributed by atoms with van der Waals surface area (Å²) in [6.45, 7) is 0. The van der Waals surface area contributed by atoms with Crippen molar-refractivity contribution in [2.45, 2.75) is 50.4 Å². The van der Waals surface area contributed by atoms with Crippen molar-refractivity contribution in [3.63, 3.8) is 0 Å². The molecule has 4 aliphatic rings. The second kappa shape index (κ2) is 7.45. The Bertz CT molecular complexity index is 1100. The average molecular weight is 455 g/mol. The molecule has 0 unspecified atom stereocenters. The molecule has 2 heterocycles. The number of nitrogens with one attached hydrogen (secondary N) is 1. The van der Waals surface area contributed by atoms with Crippen molar-refractivity contribution in [1.29, 1.82) is 0 Å². The molecule has 4 aliphatic carbocycles. The van der Waals surface area contributed by atoms with Crippen molar-refractivity contribution < 1.29 is 9.18 Å². The lowest BCUT2D eigenvalue weighted by atomic mass is 9.50. The second-order valence-corrected chi connectivity index (χ2v) is 11.3. The van der Waals surface area contributed by atoms with E-state index < -0.39 is 0 Å². The van der Waals surface area contributed by atoms with Gasteiger partial charge in [0, 0.05) is 16.4 Å². The van der Waals surface area contributed by atoms with E-state index in [0.29, 0.717) is 15.8 Å². The van der Waals surface area contributed by atoms with E-state index in [1.807, 2.05) is 11.4 Å². The third-order valence-electron chi connectivity index (χ3n) is 7.13. The van der Waals surface area contributed by atoms with E-state index in [9.17, 15) is 9.18 Å². The lowest BCUT2D eigenvalue weighted by Crippen LogP contribution is -2.48. The SMILES string of the molecule is O=C(Cc1csc(-c2cccc(F)c2)n1)Nc1nnc(C23CC4CC(CC(C4)C2)C3)s1. The van der Waals surface area contributed by atoms with Crippen molar-refractivity contribution >= 4 is 33.7 Å². The van der Waals surface area contributed by atoms with Crippen molar-refractivity contribution in [2.24, 2.45) is 17.8 Å². The van der Waals surface area contributed by atoms with Gasteiger partial charge in [0.05, 0.1) is 12.1 Å². The molecule has 4 fully saturated rings. The van der Waals surface area contributed by atoms with Gasteiger partial charge in [-0.05, 0) is 68.4 Å². The maximum atomic E-state index is 13.5. The highest BCUT2D eigenvalue weighted by molar-refractivity contribution is 7.15. The quantitative estimate of drug-likeness (QED) is 0.557. The minimum Gasteiger partial charge on any atom is -0.300 e. The first-order valence-corrected chi connectivity index (χ1v) is 12.6. The molecule has 0 saturated heterocycles. The topological polar surface area (TPSA) is 67.8 Å². The maximum Gasteiger partial charge on any atom is 0.232 e. The number of thiazole rings is 1. The molecule has 31 heavy (non-hydrogen) atoms. The van der Waals surface area contributed by atoms with Crippen LogP contribution in [0.15, 0.2) is 29.6 Å². The number of aromatic nitrogens is 3. The maximum absolute atomic E-state index is 13.5. The van der Waals surface area contributed by atoms with E-state index in [1.54, 1.807) is 17.4 Å². The molecule has 2 aromatic heterocycles. The van der Waals surface area contributed by atoms with Gasteiger partial charge in [-0.2, -0.15) is 0 Å². The zero-order chi connectivity index (χ0) is 21.0. The van der Waals surface area contributed by atoms with Gasteiger partial charge in [-0.1, -0.05) is 23.5 Å². The van der Waals surface area contributed by atoms with E-state index in [4.69, 9.17) is 0 Å². The molecule has 3 aromatic rings. The third-order valence-corrected chi connectivity index (χ3v) is 9.15. The van der Waals surface area contributed by atoms with Crippen molar-refractivity contribution in [3.05, 3.63) is 46.2 Å². The molecular weight excluding hydrogens is 431 g/mol. The highest BCUT2D eigenvalue weighted by Gasteiger charge is 2.53. The van der Waals surface area contributed by atoms with Gasteiger partial charge < -0.3 is 5.32 Å². The largest absolute Gasteiger partial charge is 0.300 e. The Hall–Kier alpha value is -2.19. The summed E-state index contributed by atoms with van der Waals surface area (Å²) in [5.74, 6) is 2.11. The van der Waals surface area contributed by atoms with Gasteiger partial charge in [0.15, 0.2) is 0 Å². The molecular formula is C23H23FN4OS2. The minimum atomic E-state index is -0.293. The zero-order valence-electron chi connectivity index (χ0n) is 17.0. The highest BCUT2D eigenvalue weighted by atomic mass is 32.1. The van der Waals surface area contributed by atoms with E-state index in [-0.39, 0.29) is 23.6 Å². The van der Waals surface area contributed by atoms with Crippen LogP contribution in [0.3, 0.4) is 0 Å². The molecule has 7 rings (SSSR count). The van der Waals surface area contributed by atoms with Gasteiger partial charge in [0.1, 0.15) is 15.8 Å². The summed E-state index contributed by atoms with van der Waals surface area (Å²) in [6, 6.07) is 6.34. The van der Waals surface area contributed by atoms with Gasteiger partial charge >= 0.3 is 0 Å². The Balaban J connectivity index is 1.12. The lowest BCUT2D eigenvalue weighted by molar-refractivity contribution is -0.115. The van der Waals surface area contributed by atoms with Crippen LogP contribution >= 0.6 is 22.7 Å². The number of hydrogen-bond acceptors (Lipinski definition) is 6. The monoisotopic (exact) mass is 454 g/mol. The highest BCUT2D eigenvalue weighted by Crippen LogP contribution is 2.61. The number of rotatable bonds is 5. The fourth-order valence-electron chi connectivity index (χ4n) is 6.33. The van der Waals surface area contributed by atoms with Crippen LogP contribution in [0.2, 0.25) is 0 Å². The Morgan fingerprint density at radius 1 is 1.13 bits per heavy atom. The number of halogens is 1. The Kier molecular flexibility index (Phi) is 4.68. The number of carbonyl (C=O) groups is 1. The van der Waals surface area contributed by atoms with Gasteiger partial charge in [-0.15, -0.1) is 21.5 Å². The molecule has 8 heteroatoms. The summed E-state index contributed by atoms with van der Waals surface area (Å²) < 4.78 is 13.5. The first kappa shape index (κ1) is 19.5. The van der Waals surface area contributed by atoms with Crippen LogP contribution in [-0.2, 0) is 16.6 Å². The summed E-state index contributed by atoms with van der Waals surface area (Å²) in [5, 5.41) is 16.0. The molecule has 1 aromatic carbocycles. The predicted octanol–water partition coefficient (Wildman–Crippen LogP) is 5.45. The van der Waals surface area contributed by atoms with E-state index in [1.165, 1.54) is 62.0 Å². The lowest BCUT2D eigenvalue weighted by Gasteiger charge is -2.55. The van der Waals surface area contributed by atoms with Crippen LogP contribution < -0.4 is 5.32 Å². The summed E-state index contributed by atoms with van der Waals surface area (Å²) >= 11 is 2.96. The van der Waals surface area contributed by atoms with Gasteiger partial charge in [-0.3, -0.25) is 4.79 Å². The number of amides is 1. The van der Waals surface area contributed by atoms with E-state index in [0.717, 1.165) is 28.3 Å². The van der Waals surface area contributed by atoms with Crippen molar-refractivity contribution in [1.82, 2.24) is 15.2 Å². The minimum absolute atomic E-state index is 0.149. The summed E-state index contributed by atoms with van der Waals surface area (Å²) in [5.41, 5.74) is 1.60. The summed E-state index contributed by atoms with van der Waals surface area (Å²) in [7, 11) is 0. The van der Waals surface area contributed by atoms with Gasteiger partial charge in [0.25, 0.3) is 0 Å². The molecule has 5 nitrogen and oxygen atoms in total. The second-order valence-electron chi connectivity index (χ2n) is 9.49. The van der Waals surface area contributed by atoms with Crippen LogP contribution in [-0.4, -0.2) is 21.1 Å². The molecule has 1 amide bonds.